The van der Waals surface area contributed by atoms with Gasteiger partial charge in [0, 0.05) is 23.3 Å². The van der Waals surface area contributed by atoms with Crippen molar-refractivity contribution in [3.63, 3.8) is 0 Å². The van der Waals surface area contributed by atoms with Crippen molar-refractivity contribution in [1.82, 2.24) is 5.16 Å². The molecule has 5 heteroatoms. The predicted molar refractivity (Wildman–Crippen MR) is 94.7 cm³/mol. The number of para-hydroxylation sites is 1. The number of anilines is 1. The highest BCUT2D eigenvalue weighted by Gasteiger charge is 2.43. The van der Waals surface area contributed by atoms with Crippen molar-refractivity contribution in [2.24, 2.45) is 5.41 Å². The minimum Gasteiger partial charge on any atom is -0.496 e. The number of ketones is 1. The molecule has 2 heterocycles. The van der Waals surface area contributed by atoms with Gasteiger partial charge in [-0.1, -0.05) is 37.2 Å². The molecule has 130 valence electrons. The number of aryl methyl sites for hydroxylation is 1. The van der Waals surface area contributed by atoms with Gasteiger partial charge in [-0.25, -0.2) is 0 Å². The van der Waals surface area contributed by atoms with Crippen molar-refractivity contribution in [2.75, 3.05) is 12.4 Å². The number of nitrogens with zero attached hydrogens (tertiary/aromatic N) is 1. The fraction of sp³-hybridized carbons (Fsp3) is 0.400. The van der Waals surface area contributed by atoms with Crippen LogP contribution in [-0.2, 0) is 4.79 Å². The molecule has 1 N–H and O–H groups in total. The molecular formula is C20H22N2O3. The normalized spacial score (nSPS) is 21.4. The lowest BCUT2D eigenvalue weighted by molar-refractivity contribution is -0.118. The van der Waals surface area contributed by atoms with Gasteiger partial charge in [0.25, 0.3) is 0 Å². The predicted octanol–water partition coefficient (Wildman–Crippen LogP) is 4.19. The van der Waals surface area contributed by atoms with Crippen LogP contribution in [0.15, 0.2) is 40.1 Å². The summed E-state index contributed by atoms with van der Waals surface area (Å²) in [5, 5.41) is 7.46. The number of carbonyl (C=O) groups is 1. The number of hydrogen-bond donors (Lipinski definition) is 1. The van der Waals surface area contributed by atoms with E-state index in [1.807, 2.05) is 31.2 Å². The first-order valence-corrected chi connectivity index (χ1v) is 8.53. The first-order chi connectivity index (χ1) is 11.9. The zero-order valence-corrected chi connectivity index (χ0v) is 15.0. The minimum absolute atomic E-state index is 0.0686. The Hall–Kier alpha value is -2.56. The lowest BCUT2D eigenvalue weighted by atomic mass is 9.69. The molecule has 5 nitrogen and oxygen atoms in total. The Morgan fingerprint density at radius 1 is 1.28 bits per heavy atom. The van der Waals surface area contributed by atoms with Gasteiger partial charge in [0.15, 0.2) is 5.78 Å². The minimum atomic E-state index is -0.211. The van der Waals surface area contributed by atoms with E-state index in [4.69, 9.17) is 9.26 Å². The third-order valence-electron chi connectivity index (χ3n) is 5.12. The number of nitrogens with one attached hydrogen (secondary N) is 1. The number of carbonyl (C=O) groups excluding carboxylic acids is 1. The van der Waals surface area contributed by atoms with Crippen molar-refractivity contribution in [3.05, 3.63) is 52.4 Å². The highest BCUT2D eigenvalue weighted by Crippen LogP contribution is 2.51. The van der Waals surface area contributed by atoms with Crippen LogP contribution in [0.25, 0.3) is 0 Å². The van der Waals surface area contributed by atoms with Crippen LogP contribution in [0, 0.1) is 12.3 Å². The number of rotatable bonds is 2. The van der Waals surface area contributed by atoms with E-state index >= 15 is 0 Å². The molecule has 0 saturated heterocycles. The maximum absolute atomic E-state index is 13.1. The van der Waals surface area contributed by atoms with Crippen LogP contribution in [0.4, 0.5) is 5.88 Å². The van der Waals surface area contributed by atoms with Gasteiger partial charge in [0.05, 0.1) is 24.3 Å². The Bertz CT molecular complexity index is 892. The van der Waals surface area contributed by atoms with Gasteiger partial charge in [-0.05, 0) is 24.8 Å². The number of ether oxygens (including phenoxy) is 1. The van der Waals surface area contributed by atoms with Crippen molar-refractivity contribution in [1.29, 1.82) is 0 Å². The first-order valence-electron chi connectivity index (χ1n) is 8.53. The number of methoxy groups -OCH3 is 1. The molecule has 0 fully saturated rings. The molecule has 2 aliphatic rings. The van der Waals surface area contributed by atoms with E-state index in [1.165, 1.54) is 0 Å². The average Bonchev–Trinajstić information content (AvgIpc) is 2.92. The molecule has 0 spiro atoms. The van der Waals surface area contributed by atoms with E-state index in [0.717, 1.165) is 40.3 Å². The summed E-state index contributed by atoms with van der Waals surface area (Å²) in [6.07, 6.45) is 1.34. The van der Waals surface area contributed by atoms with Gasteiger partial charge in [0.2, 0.25) is 5.88 Å². The Labute approximate surface area is 147 Å². The van der Waals surface area contributed by atoms with Crippen LogP contribution < -0.4 is 10.1 Å². The van der Waals surface area contributed by atoms with Crippen LogP contribution in [0.2, 0.25) is 0 Å². The quantitative estimate of drug-likeness (QED) is 0.889. The summed E-state index contributed by atoms with van der Waals surface area (Å²) in [5.74, 6) is 1.38. The zero-order chi connectivity index (χ0) is 17.8. The van der Waals surface area contributed by atoms with Crippen LogP contribution in [0.1, 0.15) is 49.4 Å². The summed E-state index contributed by atoms with van der Waals surface area (Å²) in [5.41, 5.74) is 4.39. The van der Waals surface area contributed by atoms with Crippen LogP contribution in [0.3, 0.4) is 0 Å². The summed E-state index contributed by atoms with van der Waals surface area (Å²) in [7, 11) is 1.66. The first kappa shape index (κ1) is 15.9. The number of fused-ring (bicyclic) bond motifs is 1. The van der Waals surface area contributed by atoms with E-state index in [9.17, 15) is 4.79 Å². The van der Waals surface area contributed by atoms with Crippen molar-refractivity contribution in [2.45, 2.75) is 39.5 Å². The number of allylic oxidation sites excluding steroid dienone is 2. The molecule has 25 heavy (non-hydrogen) atoms. The largest absolute Gasteiger partial charge is 0.496 e. The SMILES string of the molecule is COc1ccccc1[C@H]1C2=C(CC(C)(C)CC2=O)Nc2onc(C)c21. The van der Waals surface area contributed by atoms with Crippen LogP contribution >= 0.6 is 0 Å². The summed E-state index contributed by atoms with van der Waals surface area (Å²) in [6, 6.07) is 7.85. The van der Waals surface area contributed by atoms with Crippen LogP contribution in [-0.4, -0.2) is 18.0 Å². The molecule has 1 aromatic heterocycles. The highest BCUT2D eigenvalue weighted by molar-refractivity contribution is 6.01. The van der Waals surface area contributed by atoms with Crippen molar-refractivity contribution in [3.8, 4) is 5.75 Å². The van der Waals surface area contributed by atoms with Crippen molar-refractivity contribution < 1.29 is 14.1 Å². The van der Waals surface area contributed by atoms with Gasteiger partial charge in [-0.15, -0.1) is 0 Å². The molecule has 0 radical (unpaired) electrons. The monoisotopic (exact) mass is 338 g/mol. The molecule has 1 atom stereocenters. The number of hydrogen-bond acceptors (Lipinski definition) is 5. The van der Waals surface area contributed by atoms with E-state index in [2.05, 4.69) is 24.3 Å². The topological polar surface area (TPSA) is 64.4 Å². The lowest BCUT2D eigenvalue weighted by Crippen LogP contribution is -2.33. The second-order valence-electron chi connectivity index (χ2n) is 7.64. The second kappa shape index (κ2) is 5.48. The fourth-order valence-corrected chi connectivity index (χ4v) is 4.09. The van der Waals surface area contributed by atoms with E-state index in [-0.39, 0.29) is 17.1 Å². The fourth-order valence-electron chi connectivity index (χ4n) is 4.09. The molecule has 0 amide bonds. The summed E-state index contributed by atoms with van der Waals surface area (Å²) in [6.45, 7) is 6.15. The Kier molecular flexibility index (Phi) is 3.49. The number of aromatic nitrogens is 1. The molecule has 4 rings (SSSR count). The third kappa shape index (κ3) is 2.46. The second-order valence-corrected chi connectivity index (χ2v) is 7.64. The molecule has 1 aliphatic carbocycles. The maximum atomic E-state index is 13.1. The number of benzene rings is 1. The van der Waals surface area contributed by atoms with E-state index in [0.29, 0.717) is 12.3 Å². The summed E-state index contributed by atoms with van der Waals surface area (Å²) >= 11 is 0. The molecule has 1 aromatic carbocycles. The molecule has 0 bridgehead atoms. The molecule has 1 aliphatic heterocycles. The Balaban J connectivity index is 1.97. The molecule has 2 aromatic rings. The van der Waals surface area contributed by atoms with Gasteiger partial charge in [0.1, 0.15) is 5.75 Å². The van der Waals surface area contributed by atoms with E-state index in [1.54, 1.807) is 7.11 Å². The molecular weight excluding hydrogens is 316 g/mol. The standard InChI is InChI=1S/C20H22N2O3/c1-11-16-17(12-7-5-6-8-15(12)24-4)18-13(21-19(16)25-22-11)9-20(2,3)10-14(18)23/h5-8,17,21H,9-10H2,1-4H3/t17-/m1/s1. The Morgan fingerprint density at radius 2 is 2.04 bits per heavy atom. The third-order valence-corrected chi connectivity index (χ3v) is 5.12. The highest BCUT2D eigenvalue weighted by atomic mass is 16.5. The number of Topliss-reactive ketones (excluding diaryl/α,β-unsaturated/α-hetero) is 1. The van der Waals surface area contributed by atoms with E-state index < -0.39 is 0 Å². The zero-order valence-electron chi connectivity index (χ0n) is 15.0. The Morgan fingerprint density at radius 3 is 2.80 bits per heavy atom. The van der Waals surface area contributed by atoms with Gasteiger partial charge in [-0.3, -0.25) is 4.79 Å². The van der Waals surface area contributed by atoms with Gasteiger partial charge < -0.3 is 14.6 Å². The van der Waals surface area contributed by atoms with Gasteiger partial charge in [-0.2, -0.15) is 0 Å². The smallest absolute Gasteiger partial charge is 0.233 e. The summed E-state index contributed by atoms with van der Waals surface area (Å²) in [4.78, 5) is 13.1. The van der Waals surface area contributed by atoms with Gasteiger partial charge >= 0.3 is 0 Å². The lowest BCUT2D eigenvalue weighted by Gasteiger charge is -2.38. The summed E-state index contributed by atoms with van der Waals surface area (Å²) < 4.78 is 11.1. The van der Waals surface area contributed by atoms with Crippen molar-refractivity contribution >= 4 is 11.7 Å². The van der Waals surface area contributed by atoms with Crippen LogP contribution in [0.5, 0.6) is 5.75 Å². The molecule has 0 unspecified atom stereocenters. The maximum Gasteiger partial charge on any atom is 0.233 e. The average molecular weight is 338 g/mol. The molecule has 0 saturated carbocycles.